The highest BCUT2D eigenvalue weighted by Crippen LogP contribution is 2.30. The van der Waals surface area contributed by atoms with Crippen molar-refractivity contribution in [2.45, 2.75) is 46.6 Å². The SMILES string of the molecule is CCc1sc(C(=O)Nc2ccc(F)c(-c3cn(C)c(=O)c(Nc4cnn(CC)c4)n3)n2)cc1C(C)C. The van der Waals surface area contributed by atoms with Crippen LogP contribution in [0.2, 0.25) is 0 Å². The molecule has 0 spiro atoms. The third-order valence-electron chi connectivity index (χ3n) is 5.63. The molecule has 0 aliphatic rings. The number of amides is 1. The highest BCUT2D eigenvalue weighted by molar-refractivity contribution is 7.14. The Morgan fingerprint density at radius 3 is 2.61 bits per heavy atom. The van der Waals surface area contributed by atoms with E-state index in [0.29, 0.717) is 23.0 Å². The molecule has 0 unspecified atom stereocenters. The van der Waals surface area contributed by atoms with Crippen molar-refractivity contribution in [2.24, 2.45) is 7.05 Å². The molecule has 2 N–H and O–H groups in total. The first-order valence-corrected chi connectivity index (χ1v) is 12.5. The number of carbonyl (C=O) groups excluding carboxylic acids is 1. The zero-order valence-corrected chi connectivity index (χ0v) is 21.6. The predicted molar refractivity (Wildman–Crippen MR) is 140 cm³/mol. The molecular formula is C25H28FN7O2S. The lowest BCUT2D eigenvalue weighted by molar-refractivity contribution is 0.103. The van der Waals surface area contributed by atoms with Crippen LogP contribution in [0.1, 0.15) is 53.7 Å². The molecule has 0 saturated carbocycles. The number of hydrogen-bond acceptors (Lipinski definition) is 7. The molecule has 11 heteroatoms. The minimum atomic E-state index is -0.629. The molecule has 36 heavy (non-hydrogen) atoms. The zero-order chi connectivity index (χ0) is 26.0. The average Bonchev–Trinajstić information content (AvgIpc) is 3.50. The van der Waals surface area contributed by atoms with Crippen LogP contribution in [0.25, 0.3) is 11.4 Å². The number of anilines is 3. The molecular weight excluding hydrogens is 481 g/mol. The summed E-state index contributed by atoms with van der Waals surface area (Å²) in [5, 5.41) is 9.87. The van der Waals surface area contributed by atoms with E-state index in [4.69, 9.17) is 0 Å². The fourth-order valence-corrected chi connectivity index (χ4v) is 4.88. The third-order valence-corrected chi connectivity index (χ3v) is 6.92. The number of nitrogens with zero attached hydrogens (tertiary/aromatic N) is 5. The van der Waals surface area contributed by atoms with Crippen LogP contribution in [0.5, 0.6) is 0 Å². The summed E-state index contributed by atoms with van der Waals surface area (Å²) in [5.74, 6) is -0.439. The highest BCUT2D eigenvalue weighted by Gasteiger charge is 2.19. The number of hydrogen-bond donors (Lipinski definition) is 2. The Bertz CT molecular complexity index is 1470. The maximum atomic E-state index is 14.8. The lowest BCUT2D eigenvalue weighted by atomic mass is 10.0. The Kier molecular flexibility index (Phi) is 7.30. The summed E-state index contributed by atoms with van der Waals surface area (Å²) in [5.41, 5.74) is 1.40. The average molecular weight is 510 g/mol. The zero-order valence-electron chi connectivity index (χ0n) is 20.8. The number of pyridine rings is 1. The molecule has 0 aliphatic carbocycles. The van der Waals surface area contributed by atoms with Gasteiger partial charge in [0.15, 0.2) is 11.6 Å². The van der Waals surface area contributed by atoms with Crippen molar-refractivity contribution >= 4 is 34.6 Å². The van der Waals surface area contributed by atoms with Crippen molar-refractivity contribution in [3.8, 4) is 11.4 Å². The van der Waals surface area contributed by atoms with Crippen LogP contribution in [0.4, 0.5) is 21.7 Å². The first-order valence-electron chi connectivity index (χ1n) is 11.7. The van der Waals surface area contributed by atoms with Crippen LogP contribution in [0.3, 0.4) is 0 Å². The van der Waals surface area contributed by atoms with Gasteiger partial charge in [-0.3, -0.25) is 14.3 Å². The van der Waals surface area contributed by atoms with Crippen molar-refractivity contribution in [1.29, 1.82) is 0 Å². The normalized spacial score (nSPS) is 11.2. The summed E-state index contributed by atoms with van der Waals surface area (Å²) in [7, 11) is 1.55. The van der Waals surface area contributed by atoms with Crippen molar-refractivity contribution < 1.29 is 9.18 Å². The van der Waals surface area contributed by atoms with Crippen molar-refractivity contribution in [2.75, 3.05) is 10.6 Å². The Morgan fingerprint density at radius 1 is 1.19 bits per heavy atom. The quantitative estimate of drug-likeness (QED) is 0.348. The van der Waals surface area contributed by atoms with E-state index < -0.39 is 11.4 Å². The van der Waals surface area contributed by atoms with Crippen molar-refractivity contribution in [3.63, 3.8) is 0 Å². The summed E-state index contributed by atoms with van der Waals surface area (Å²) >= 11 is 1.45. The minimum absolute atomic E-state index is 0.00758. The first kappa shape index (κ1) is 25.2. The molecule has 9 nitrogen and oxygen atoms in total. The second-order valence-electron chi connectivity index (χ2n) is 8.58. The number of carbonyl (C=O) groups is 1. The molecule has 0 fully saturated rings. The number of nitrogens with one attached hydrogen (secondary N) is 2. The number of thiophene rings is 1. The maximum Gasteiger partial charge on any atom is 0.293 e. The second kappa shape index (κ2) is 10.4. The largest absolute Gasteiger partial charge is 0.333 e. The molecule has 0 bridgehead atoms. The molecule has 0 aliphatic heterocycles. The van der Waals surface area contributed by atoms with E-state index in [2.05, 4.69) is 46.5 Å². The van der Waals surface area contributed by atoms with Gasteiger partial charge in [0.2, 0.25) is 0 Å². The van der Waals surface area contributed by atoms with Crippen LogP contribution >= 0.6 is 11.3 Å². The van der Waals surface area contributed by atoms with Gasteiger partial charge in [-0.2, -0.15) is 5.10 Å². The van der Waals surface area contributed by atoms with Crippen LogP contribution in [0, 0.1) is 5.82 Å². The van der Waals surface area contributed by atoms with Crippen LogP contribution in [0.15, 0.2) is 41.6 Å². The van der Waals surface area contributed by atoms with Gasteiger partial charge in [-0.05, 0) is 43.0 Å². The van der Waals surface area contributed by atoms with Gasteiger partial charge in [0.25, 0.3) is 11.5 Å². The molecule has 4 rings (SSSR count). The molecule has 0 aromatic carbocycles. The Hall–Kier alpha value is -3.86. The summed E-state index contributed by atoms with van der Waals surface area (Å²) in [6.07, 6.45) is 5.56. The summed E-state index contributed by atoms with van der Waals surface area (Å²) < 4.78 is 17.8. The van der Waals surface area contributed by atoms with E-state index in [0.717, 1.165) is 12.0 Å². The molecule has 1 amide bonds. The van der Waals surface area contributed by atoms with Gasteiger partial charge in [0, 0.05) is 30.9 Å². The topological polar surface area (TPSA) is 107 Å². The fraction of sp³-hybridized carbons (Fsp3) is 0.320. The molecule has 4 heterocycles. The van der Waals surface area contributed by atoms with Gasteiger partial charge < -0.3 is 15.2 Å². The van der Waals surface area contributed by atoms with Gasteiger partial charge >= 0.3 is 0 Å². The molecule has 188 valence electrons. The van der Waals surface area contributed by atoms with Crippen LogP contribution in [-0.2, 0) is 20.0 Å². The second-order valence-corrected chi connectivity index (χ2v) is 9.72. The standard InChI is InChI=1S/C25H28FN7O2S/c1-6-19-16(14(3)4)10-20(36-19)24(34)31-21-9-8-17(26)22(30-21)18-13-32(5)25(35)23(29-18)28-15-11-27-33(7-2)12-15/h8-14H,6-7H2,1-5H3,(H,28,29)(H,30,31,34). The monoisotopic (exact) mass is 509 g/mol. The van der Waals surface area contributed by atoms with Crippen molar-refractivity contribution in [3.05, 3.63) is 68.3 Å². The fourth-order valence-electron chi connectivity index (χ4n) is 3.73. The Morgan fingerprint density at radius 2 is 1.97 bits per heavy atom. The lowest BCUT2D eigenvalue weighted by Crippen LogP contribution is -2.21. The van der Waals surface area contributed by atoms with E-state index in [9.17, 15) is 14.0 Å². The van der Waals surface area contributed by atoms with Gasteiger partial charge in [-0.25, -0.2) is 14.4 Å². The minimum Gasteiger partial charge on any atom is -0.333 e. The van der Waals surface area contributed by atoms with Gasteiger partial charge in [-0.1, -0.05) is 20.8 Å². The van der Waals surface area contributed by atoms with Crippen molar-refractivity contribution in [1.82, 2.24) is 24.3 Å². The summed E-state index contributed by atoms with van der Waals surface area (Å²) in [4.78, 5) is 35.9. The summed E-state index contributed by atoms with van der Waals surface area (Å²) in [6.45, 7) is 8.86. The Labute approximate surface area is 212 Å². The van der Waals surface area contributed by atoms with Gasteiger partial charge in [-0.15, -0.1) is 11.3 Å². The summed E-state index contributed by atoms with van der Waals surface area (Å²) in [6, 6.07) is 4.52. The smallest absolute Gasteiger partial charge is 0.293 e. The van der Waals surface area contributed by atoms with E-state index in [1.807, 2.05) is 13.0 Å². The number of rotatable bonds is 8. The van der Waals surface area contributed by atoms with E-state index in [1.165, 1.54) is 39.1 Å². The van der Waals surface area contributed by atoms with E-state index in [1.54, 1.807) is 24.1 Å². The van der Waals surface area contributed by atoms with Crippen LogP contribution in [-0.4, -0.2) is 30.2 Å². The van der Waals surface area contributed by atoms with Crippen LogP contribution < -0.4 is 16.2 Å². The highest BCUT2D eigenvalue weighted by atomic mass is 32.1. The Balaban J connectivity index is 1.64. The van der Waals surface area contributed by atoms with Gasteiger partial charge in [0.1, 0.15) is 17.2 Å². The molecule has 0 saturated heterocycles. The molecule has 0 atom stereocenters. The maximum absolute atomic E-state index is 14.8. The molecule has 4 aromatic heterocycles. The lowest BCUT2D eigenvalue weighted by Gasteiger charge is -2.10. The molecule has 0 radical (unpaired) electrons. The number of halogens is 1. The predicted octanol–water partition coefficient (Wildman–Crippen LogP) is 4.94. The number of aromatic nitrogens is 5. The van der Waals surface area contributed by atoms with E-state index >= 15 is 0 Å². The van der Waals surface area contributed by atoms with E-state index in [-0.39, 0.29) is 28.9 Å². The number of aryl methyl sites for hydroxylation is 3. The first-order chi connectivity index (χ1) is 17.2. The third kappa shape index (κ3) is 5.20. The molecule has 4 aromatic rings. The van der Waals surface area contributed by atoms with Gasteiger partial charge in [0.05, 0.1) is 16.8 Å².